The average Bonchev–Trinajstić information content (AvgIpc) is 2.52. The molecule has 22 heavy (non-hydrogen) atoms. The van der Waals surface area contributed by atoms with E-state index >= 15 is 0 Å². The summed E-state index contributed by atoms with van der Waals surface area (Å²) in [6.07, 6.45) is 15.6. The monoisotopic (exact) mass is 304 g/mol. The number of carbonyl (C=O) groups is 1. The van der Waals surface area contributed by atoms with Crippen LogP contribution in [-0.2, 0) is 9.53 Å². The molecule has 0 N–H and O–H groups in total. The molecule has 0 saturated heterocycles. The summed E-state index contributed by atoms with van der Waals surface area (Å²) < 4.78 is 5.92. The second-order valence-electron chi connectivity index (χ2n) is 9.26. The van der Waals surface area contributed by atoms with Crippen molar-refractivity contribution in [3.63, 3.8) is 0 Å². The Labute approximate surface area is 135 Å². The van der Waals surface area contributed by atoms with E-state index in [-0.39, 0.29) is 11.9 Å². The molecular formula is C20H32O2. The third kappa shape index (κ3) is 2.61. The van der Waals surface area contributed by atoms with Crippen LogP contribution in [0.2, 0.25) is 0 Å². The molecule has 2 atom stereocenters. The fraction of sp³-hybridized carbons (Fsp3) is 0.950. The fourth-order valence-corrected chi connectivity index (χ4v) is 6.91. The first-order chi connectivity index (χ1) is 10.6. The largest absolute Gasteiger partial charge is 0.465 e. The molecule has 0 aromatic heterocycles. The molecular weight excluding hydrogens is 272 g/mol. The summed E-state index contributed by atoms with van der Waals surface area (Å²) in [6, 6.07) is 0. The molecule has 0 heterocycles. The van der Waals surface area contributed by atoms with Gasteiger partial charge < -0.3 is 4.74 Å². The van der Waals surface area contributed by atoms with Gasteiger partial charge >= 0.3 is 5.97 Å². The van der Waals surface area contributed by atoms with Crippen LogP contribution in [0.5, 0.6) is 0 Å². The minimum Gasteiger partial charge on any atom is -0.465 e. The Hall–Kier alpha value is -0.530. The fourth-order valence-electron chi connectivity index (χ4n) is 6.91. The highest BCUT2D eigenvalue weighted by Gasteiger charge is 2.57. The second kappa shape index (κ2) is 5.53. The zero-order chi connectivity index (χ0) is 15.2. The van der Waals surface area contributed by atoms with Crippen LogP contribution in [0.25, 0.3) is 0 Å². The number of hydrogen-bond donors (Lipinski definition) is 0. The third-order valence-corrected chi connectivity index (χ3v) is 7.51. The van der Waals surface area contributed by atoms with Gasteiger partial charge in [0.15, 0.2) is 0 Å². The van der Waals surface area contributed by atoms with Crippen LogP contribution in [-0.4, -0.2) is 12.6 Å². The SMILES string of the molecule is CCC12CC3CC(C1)CC(COC(=O)C1CCCCC1)(C3)C2. The molecule has 5 aliphatic rings. The molecule has 2 unspecified atom stereocenters. The van der Waals surface area contributed by atoms with Gasteiger partial charge in [0.25, 0.3) is 0 Å². The van der Waals surface area contributed by atoms with Crippen LogP contribution in [0.1, 0.15) is 84.0 Å². The van der Waals surface area contributed by atoms with E-state index in [0.29, 0.717) is 10.8 Å². The Kier molecular flexibility index (Phi) is 3.77. The van der Waals surface area contributed by atoms with E-state index in [1.54, 1.807) is 0 Å². The number of hydrogen-bond acceptors (Lipinski definition) is 2. The highest BCUT2D eigenvalue weighted by atomic mass is 16.5. The van der Waals surface area contributed by atoms with E-state index in [1.807, 2.05) is 0 Å². The molecule has 2 heteroatoms. The summed E-state index contributed by atoms with van der Waals surface area (Å²) in [5, 5.41) is 0. The van der Waals surface area contributed by atoms with Crippen LogP contribution in [0.3, 0.4) is 0 Å². The Morgan fingerprint density at radius 3 is 2.27 bits per heavy atom. The predicted octanol–water partition coefficient (Wildman–Crippen LogP) is 5.11. The predicted molar refractivity (Wildman–Crippen MR) is 87.4 cm³/mol. The maximum atomic E-state index is 12.4. The molecule has 5 saturated carbocycles. The summed E-state index contributed by atoms with van der Waals surface area (Å²) in [7, 11) is 0. The number of ether oxygens (including phenoxy) is 1. The molecule has 0 aromatic carbocycles. The van der Waals surface area contributed by atoms with Gasteiger partial charge in [-0.25, -0.2) is 0 Å². The lowest BCUT2D eigenvalue weighted by Crippen LogP contribution is -2.53. The van der Waals surface area contributed by atoms with Crippen LogP contribution in [0, 0.1) is 28.6 Å². The molecule has 0 spiro atoms. The standard InChI is InChI=1S/C20H32O2/c1-2-19-9-15-8-16(10-19)12-20(11-15,13-19)14-22-18(21)17-6-4-3-5-7-17/h15-17H,2-14H2,1H3. The van der Waals surface area contributed by atoms with Gasteiger partial charge in [0.1, 0.15) is 0 Å². The Bertz CT molecular complexity index is 421. The molecule has 5 aliphatic carbocycles. The summed E-state index contributed by atoms with van der Waals surface area (Å²) in [6.45, 7) is 3.12. The van der Waals surface area contributed by atoms with Gasteiger partial charge in [-0.05, 0) is 68.6 Å². The van der Waals surface area contributed by atoms with Crippen molar-refractivity contribution in [2.45, 2.75) is 84.0 Å². The molecule has 5 rings (SSSR count). The minimum atomic E-state index is 0.126. The van der Waals surface area contributed by atoms with Gasteiger partial charge in [-0.1, -0.05) is 32.6 Å². The molecule has 0 aromatic rings. The average molecular weight is 304 g/mol. The molecule has 0 radical (unpaired) electrons. The van der Waals surface area contributed by atoms with Gasteiger partial charge in [-0.3, -0.25) is 4.79 Å². The first-order valence-electron chi connectivity index (χ1n) is 9.79. The number of esters is 1. The third-order valence-electron chi connectivity index (χ3n) is 7.51. The minimum absolute atomic E-state index is 0.126. The lowest BCUT2D eigenvalue weighted by Gasteiger charge is -2.62. The van der Waals surface area contributed by atoms with Gasteiger partial charge in [0.2, 0.25) is 0 Å². The summed E-state index contributed by atoms with van der Waals surface area (Å²) in [4.78, 5) is 12.4. The summed E-state index contributed by atoms with van der Waals surface area (Å²) >= 11 is 0. The van der Waals surface area contributed by atoms with Crippen molar-refractivity contribution in [2.75, 3.05) is 6.61 Å². The Morgan fingerprint density at radius 1 is 1.00 bits per heavy atom. The molecule has 0 aliphatic heterocycles. The zero-order valence-corrected chi connectivity index (χ0v) is 14.2. The van der Waals surface area contributed by atoms with Crippen LogP contribution < -0.4 is 0 Å². The number of carbonyl (C=O) groups excluding carboxylic acids is 1. The first kappa shape index (κ1) is 15.0. The molecule has 124 valence electrons. The molecule has 2 nitrogen and oxygen atoms in total. The van der Waals surface area contributed by atoms with Crippen molar-refractivity contribution in [2.24, 2.45) is 28.6 Å². The normalized spacial score (nSPS) is 44.2. The van der Waals surface area contributed by atoms with Gasteiger partial charge in [-0.15, -0.1) is 0 Å². The van der Waals surface area contributed by atoms with Gasteiger partial charge in [0, 0.05) is 5.41 Å². The zero-order valence-electron chi connectivity index (χ0n) is 14.2. The van der Waals surface area contributed by atoms with E-state index in [1.165, 1.54) is 64.2 Å². The maximum absolute atomic E-state index is 12.4. The van der Waals surface area contributed by atoms with Crippen molar-refractivity contribution >= 4 is 5.97 Å². The summed E-state index contributed by atoms with van der Waals surface area (Å²) in [5.41, 5.74) is 0.950. The van der Waals surface area contributed by atoms with E-state index in [0.717, 1.165) is 31.3 Å². The molecule has 0 amide bonds. The van der Waals surface area contributed by atoms with Crippen molar-refractivity contribution in [3.8, 4) is 0 Å². The van der Waals surface area contributed by atoms with Crippen molar-refractivity contribution in [3.05, 3.63) is 0 Å². The van der Waals surface area contributed by atoms with Gasteiger partial charge in [-0.2, -0.15) is 0 Å². The van der Waals surface area contributed by atoms with Crippen molar-refractivity contribution in [1.82, 2.24) is 0 Å². The summed E-state index contributed by atoms with van der Waals surface area (Å²) in [5.74, 6) is 2.19. The van der Waals surface area contributed by atoms with Crippen LogP contribution >= 0.6 is 0 Å². The van der Waals surface area contributed by atoms with E-state index < -0.39 is 0 Å². The Balaban J connectivity index is 1.40. The van der Waals surface area contributed by atoms with E-state index in [9.17, 15) is 4.79 Å². The van der Waals surface area contributed by atoms with E-state index in [4.69, 9.17) is 4.74 Å². The van der Waals surface area contributed by atoms with Crippen LogP contribution in [0.4, 0.5) is 0 Å². The smallest absolute Gasteiger partial charge is 0.308 e. The van der Waals surface area contributed by atoms with Crippen LogP contribution in [0.15, 0.2) is 0 Å². The van der Waals surface area contributed by atoms with Crippen molar-refractivity contribution in [1.29, 1.82) is 0 Å². The lowest BCUT2D eigenvalue weighted by atomic mass is 9.44. The highest BCUT2D eigenvalue weighted by Crippen LogP contribution is 2.66. The lowest BCUT2D eigenvalue weighted by molar-refractivity contribution is -0.169. The number of rotatable bonds is 4. The Morgan fingerprint density at radius 2 is 1.64 bits per heavy atom. The van der Waals surface area contributed by atoms with E-state index in [2.05, 4.69) is 6.92 Å². The molecule has 5 fully saturated rings. The maximum Gasteiger partial charge on any atom is 0.308 e. The second-order valence-corrected chi connectivity index (χ2v) is 9.26. The molecule has 4 bridgehead atoms. The highest BCUT2D eigenvalue weighted by molar-refractivity contribution is 5.72. The van der Waals surface area contributed by atoms with Crippen molar-refractivity contribution < 1.29 is 9.53 Å². The quantitative estimate of drug-likeness (QED) is 0.675. The first-order valence-corrected chi connectivity index (χ1v) is 9.79. The topological polar surface area (TPSA) is 26.3 Å². The van der Waals surface area contributed by atoms with Gasteiger partial charge in [0.05, 0.1) is 12.5 Å².